The lowest BCUT2D eigenvalue weighted by molar-refractivity contribution is 0.175. The lowest BCUT2D eigenvalue weighted by Crippen LogP contribution is -2.21. The van der Waals surface area contributed by atoms with Crippen molar-refractivity contribution in [3.63, 3.8) is 0 Å². The van der Waals surface area contributed by atoms with Crippen molar-refractivity contribution in [3.05, 3.63) is 99.2 Å². The molecule has 2 aromatic carbocycles. The van der Waals surface area contributed by atoms with Gasteiger partial charge in [0.15, 0.2) is 5.82 Å². The molecule has 0 spiro atoms. The Morgan fingerprint density at radius 1 is 1.04 bits per heavy atom. The average Bonchev–Trinajstić information content (AvgIpc) is 3.68. The van der Waals surface area contributed by atoms with Crippen molar-refractivity contribution in [1.29, 1.82) is 0 Å². The maximum atomic E-state index is 13.0. The lowest BCUT2D eigenvalue weighted by Gasteiger charge is -2.17. The smallest absolute Gasteiger partial charge is 0.278 e. The number of aliphatic hydroxyl groups is 2. The highest BCUT2D eigenvalue weighted by Gasteiger charge is 2.21. The number of halogens is 1. The highest BCUT2D eigenvalue weighted by Crippen LogP contribution is 2.39. The Bertz CT molecular complexity index is 2160. The SMILES string of the molecule is Cc1c(Nc2nccc3cc(CN4CC[C@@H](O)C4)cnc23)cccc1-c1cccc(-c2nc3c(=O)n(CCO)cc(Cl)c3s2)c1C. The van der Waals surface area contributed by atoms with E-state index < -0.39 is 0 Å². The molecule has 4 aromatic heterocycles. The fourth-order valence-electron chi connectivity index (χ4n) is 6.25. The first-order valence-corrected chi connectivity index (χ1v) is 16.4. The Kier molecular flexibility index (Phi) is 8.31. The van der Waals surface area contributed by atoms with Crippen LogP contribution in [0, 0.1) is 13.8 Å². The van der Waals surface area contributed by atoms with Crippen LogP contribution in [-0.4, -0.2) is 60.4 Å². The second kappa shape index (κ2) is 12.5. The van der Waals surface area contributed by atoms with Crippen molar-refractivity contribution in [2.45, 2.75) is 39.5 Å². The molecule has 234 valence electrons. The third-order valence-electron chi connectivity index (χ3n) is 8.67. The number of thiazole rings is 1. The van der Waals surface area contributed by atoms with Gasteiger partial charge in [-0.3, -0.25) is 14.7 Å². The third kappa shape index (κ3) is 5.67. The number of likely N-dealkylation sites (tertiary alicyclic amines) is 1. The summed E-state index contributed by atoms with van der Waals surface area (Å²) in [6.07, 6.45) is 5.82. The number of aliphatic hydroxyl groups excluding tert-OH is 2. The second-order valence-electron chi connectivity index (χ2n) is 11.7. The lowest BCUT2D eigenvalue weighted by atomic mass is 9.93. The number of β-amino-alcohol motifs (C(OH)–C–C–N with tert-alkyl or cyclic N) is 1. The number of hydrogen-bond acceptors (Lipinski definition) is 9. The van der Waals surface area contributed by atoms with Crippen molar-refractivity contribution in [2.24, 2.45) is 0 Å². The van der Waals surface area contributed by atoms with Gasteiger partial charge in [0, 0.05) is 61.4 Å². The first-order chi connectivity index (χ1) is 22.3. The standard InChI is InChI=1S/C35H33ClN6O3S/c1-20-25(5-3-7-27(20)34-40-31-32(46-34)28(36)19-42(13-14-43)35(31)45)26-6-4-8-29(21(26)2)39-33-30-23(9-11-37-33)15-22(16-38-30)17-41-12-10-24(44)18-41/h3-9,11,15-16,19,24,43-44H,10,12-14,17-18H2,1-2H3,(H,37,39)/t24-/m1/s1. The number of nitrogens with zero attached hydrogens (tertiary/aromatic N) is 5. The number of rotatable bonds is 8. The Morgan fingerprint density at radius 3 is 2.61 bits per heavy atom. The largest absolute Gasteiger partial charge is 0.395 e. The minimum absolute atomic E-state index is 0.160. The molecule has 0 radical (unpaired) electrons. The number of anilines is 2. The molecule has 0 amide bonds. The molecule has 1 aliphatic rings. The van der Waals surface area contributed by atoms with Crippen molar-refractivity contribution < 1.29 is 10.2 Å². The molecule has 6 aromatic rings. The first-order valence-electron chi connectivity index (χ1n) is 15.2. The summed E-state index contributed by atoms with van der Waals surface area (Å²) in [6, 6.07) is 16.4. The summed E-state index contributed by atoms with van der Waals surface area (Å²) < 4.78 is 2.04. The predicted molar refractivity (Wildman–Crippen MR) is 185 cm³/mol. The minimum Gasteiger partial charge on any atom is -0.395 e. The quantitative estimate of drug-likeness (QED) is 0.175. The van der Waals surface area contributed by atoms with Crippen LogP contribution in [0.4, 0.5) is 11.5 Å². The number of benzene rings is 2. The van der Waals surface area contributed by atoms with Crippen LogP contribution in [0.2, 0.25) is 5.02 Å². The van der Waals surface area contributed by atoms with Gasteiger partial charge in [-0.15, -0.1) is 11.3 Å². The summed E-state index contributed by atoms with van der Waals surface area (Å²) in [4.78, 5) is 29.4. The van der Waals surface area contributed by atoms with Crippen molar-refractivity contribution >= 4 is 55.6 Å². The average molecular weight is 653 g/mol. The van der Waals surface area contributed by atoms with Gasteiger partial charge in [0.05, 0.1) is 22.4 Å². The van der Waals surface area contributed by atoms with Crippen molar-refractivity contribution in [2.75, 3.05) is 25.0 Å². The number of fused-ring (bicyclic) bond motifs is 2. The molecule has 11 heteroatoms. The van der Waals surface area contributed by atoms with E-state index in [1.807, 2.05) is 36.5 Å². The molecule has 46 heavy (non-hydrogen) atoms. The van der Waals surface area contributed by atoms with E-state index in [0.29, 0.717) is 32.6 Å². The van der Waals surface area contributed by atoms with Gasteiger partial charge >= 0.3 is 0 Å². The minimum atomic E-state index is -0.265. The summed E-state index contributed by atoms with van der Waals surface area (Å²) in [5, 5.41) is 24.9. The molecule has 9 nitrogen and oxygen atoms in total. The molecule has 1 aliphatic heterocycles. The van der Waals surface area contributed by atoms with Gasteiger partial charge in [0.1, 0.15) is 16.0 Å². The summed E-state index contributed by atoms with van der Waals surface area (Å²) in [5.74, 6) is 0.685. The second-order valence-corrected chi connectivity index (χ2v) is 13.1. The molecule has 5 heterocycles. The number of hydrogen-bond donors (Lipinski definition) is 3. The molecule has 1 saturated heterocycles. The summed E-state index contributed by atoms with van der Waals surface area (Å²) in [6.45, 7) is 6.51. The maximum Gasteiger partial charge on any atom is 0.278 e. The molecular weight excluding hydrogens is 620 g/mol. The zero-order valence-corrected chi connectivity index (χ0v) is 27.1. The highest BCUT2D eigenvalue weighted by molar-refractivity contribution is 7.22. The zero-order chi connectivity index (χ0) is 31.9. The van der Waals surface area contributed by atoms with Gasteiger partial charge in [0.25, 0.3) is 5.56 Å². The van der Waals surface area contributed by atoms with Gasteiger partial charge < -0.3 is 20.1 Å². The Hall–Kier alpha value is -4.19. The van der Waals surface area contributed by atoms with Crippen molar-refractivity contribution in [3.8, 4) is 21.7 Å². The topological polar surface area (TPSA) is 116 Å². The van der Waals surface area contributed by atoms with E-state index in [4.69, 9.17) is 21.6 Å². The molecule has 1 fully saturated rings. The van der Waals surface area contributed by atoms with E-state index in [9.17, 15) is 15.0 Å². The Balaban J connectivity index is 1.21. The van der Waals surface area contributed by atoms with Crippen LogP contribution in [0.1, 0.15) is 23.1 Å². The molecule has 0 aliphatic carbocycles. The van der Waals surface area contributed by atoms with Crippen LogP contribution in [0.25, 0.3) is 42.8 Å². The van der Waals surface area contributed by atoms with Crippen LogP contribution in [0.15, 0.2) is 71.9 Å². The van der Waals surface area contributed by atoms with Crippen LogP contribution in [0.5, 0.6) is 0 Å². The molecule has 7 rings (SSSR count). The van der Waals surface area contributed by atoms with E-state index in [1.165, 1.54) is 15.9 Å². The first kappa shape index (κ1) is 30.5. The van der Waals surface area contributed by atoms with Gasteiger partial charge in [-0.1, -0.05) is 41.9 Å². The van der Waals surface area contributed by atoms with Gasteiger partial charge in [0.2, 0.25) is 0 Å². The number of aromatic nitrogens is 4. The molecule has 1 atom stereocenters. The summed E-state index contributed by atoms with van der Waals surface area (Å²) >= 11 is 7.92. The van der Waals surface area contributed by atoms with E-state index in [0.717, 1.165) is 69.5 Å². The highest BCUT2D eigenvalue weighted by atomic mass is 35.5. The van der Waals surface area contributed by atoms with E-state index in [1.54, 1.807) is 12.4 Å². The van der Waals surface area contributed by atoms with E-state index >= 15 is 0 Å². The molecule has 0 saturated carbocycles. The molecule has 3 N–H and O–H groups in total. The monoisotopic (exact) mass is 652 g/mol. The normalized spacial score (nSPS) is 15.3. The van der Waals surface area contributed by atoms with Crippen molar-refractivity contribution in [1.82, 2.24) is 24.4 Å². The molecular formula is C35H33ClN6O3S. The van der Waals surface area contributed by atoms with E-state index in [-0.39, 0.29) is 24.8 Å². The maximum absolute atomic E-state index is 13.0. The van der Waals surface area contributed by atoms with Crippen LogP contribution >= 0.6 is 22.9 Å². The zero-order valence-electron chi connectivity index (χ0n) is 25.5. The van der Waals surface area contributed by atoms with Crippen LogP contribution in [-0.2, 0) is 13.1 Å². The van der Waals surface area contributed by atoms with Crippen LogP contribution in [0.3, 0.4) is 0 Å². The van der Waals surface area contributed by atoms with Gasteiger partial charge in [-0.25, -0.2) is 9.97 Å². The third-order valence-corrected chi connectivity index (χ3v) is 10.2. The fraction of sp³-hybridized carbons (Fsp3) is 0.257. The number of nitrogens with one attached hydrogen (secondary N) is 1. The molecule has 0 bridgehead atoms. The Morgan fingerprint density at radius 2 is 1.83 bits per heavy atom. The summed E-state index contributed by atoms with van der Waals surface area (Å²) in [5.41, 5.74) is 8.03. The fourth-order valence-corrected chi connectivity index (χ4v) is 7.62. The van der Waals surface area contributed by atoms with E-state index in [2.05, 4.69) is 47.2 Å². The predicted octanol–water partition coefficient (Wildman–Crippen LogP) is 6.31. The van der Waals surface area contributed by atoms with Crippen LogP contribution < -0.4 is 10.9 Å². The molecule has 0 unspecified atom stereocenters. The van der Waals surface area contributed by atoms with Gasteiger partial charge in [-0.2, -0.15) is 0 Å². The summed E-state index contributed by atoms with van der Waals surface area (Å²) in [7, 11) is 0. The Labute approximate surface area is 274 Å². The number of pyridine rings is 3. The van der Waals surface area contributed by atoms with Gasteiger partial charge in [-0.05, 0) is 66.3 Å².